The van der Waals surface area contributed by atoms with E-state index in [2.05, 4.69) is 21.7 Å². The number of carbonyl (C=O) groups excluding carboxylic acids is 1. The fourth-order valence-electron chi connectivity index (χ4n) is 4.43. The monoisotopic (exact) mass is 341 g/mol. The summed E-state index contributed by atoms with van der Waals surface area (Å²) in [5.41, 5.74) is 2.12. The number of aromatic nitrogens is 1. The fourth-order valence-corrected chi connectivity index (χ4v) is 4.43. The van der Waals surface area contributed by atoms with E-state index in [9.17, 15) is 9.90 Å². The van der Waals surface area contributed by atoms with E-state index in [1.165, 1.54) is 0 Å². The third kappa shape index (κ3) is 3.58. The smallest absolute Gasteiger partial charge is 0.224 e. The van der Waals surface area contributed by atoms with Gasteiger partial charge in [-0.3, -0.25) is 4.79 Å². The molecule has 134 valence electrons. The molecule has 4 rings (SSSR count). The molecular weight excluding hydrogens is 314 g/mol. The van der Waals surface area contributed by atoms with Crippen molar-refractivity contribution in [3.63, 3.8) is 0 Å². The Morgan fingerprint density at radius 3 is 2.72 bits per heavy atom. The number of amides is 1. The number of carbonyl (C=O) groups is 1. The van der Waals surface area contributed by atoms with Crippen molar-refractivity contribution in [3.05, 3.63) is 36.0 Å². The minimum Gasteiger partial charge on any atom is -0.393 e. The van der Waals surface area contributed by atoms with Crippen molar-refractivity contribution in [3.8, 4) is 0 Å². The maximum Gasteiger partial charge on any atom is 0.224 e. The van der Waals surface area contributed by atoms with Crippen LogP contribution in [0.5, 0.6) is 0 Å². The third-order valence-electron chi connectivity index (χ3n) is 5.90. The Morgan fingerprint density at radius 2 is 1.96 bits per heavy atom. The highest BCUT2D eigenvalue weighted by Gasteiger charge is 2.39. The molecule has 0 spiro atoms. The van der Waals surface area contributed by atoms with E-state index in [1.807, 2.05) is 24.4 Å². The zero-order valence-corrected chi connectivity index (χ0v) is 14.5. The normalized spacial score (nSPS) is 25.5. The predicted octanol–water partition coefficient (Wildman–Crippen LogP) is 1.97. The van der Waals surface area contributed by atoms with Gasteiger partial charge in [0.2, 0.25) is 5.91 Å². The lowest BCUT2D eigenvalue weighted by Crippen LogP contribution is -2.53. The van der Waals surface area contributed by atoms with Gasteiger partial charge in [0.1, 0.15) is 0 Å². The molecule has 2 aromatic rings. The standard InChI is InChI=1S/C20H27N3O2/c24-16-9-14(10-16)20(13-5-7-21-8-6-13)23-19(25)11-15-12-22-18-4-2-1-3-17(15)18/h1-4,12-14,16,20-22,24H,5-11H2,(H,23,25)/t14?,16?,20-/m1/s1. The van der Waals surface area contributed by atoms with Crippen LogP contribution >= 0.6 is 0 Å². The van der Waals surface area contributed by atoms with Crippen molar-refractivity contribution in [1.82, 2.24) is 15.6 Å². The molecule has 1 saturated carbocycles. The number of fused-ring (bicyclic) bond motifs is 1. The van der Waals surface area contributed by atoms with Gasteiger partial charge in [0, 0.05) is 23.1 Å². The Kier molecular flexibility index (Phi) is 4.77. The quantitative estimate of drug-likeness (QED) is 0.671. The number of rotatable bonds is 5. The Bertz CT molecular complexity index is 729. The lowest BCUT2D eigenvalue weighted by molar-refractivity contribution is -0.123. The molecule has 0 unspecified atom stereocenters. The maximum atomic E-state index is 12.7. The van der Waals surface area contributed by atoms with Crippen molar-refractivity contribution < 1.29 is 9.90 Å². The Hall–Kier alpha value is -1.85. The van der Waals surface area contributed by atoms with Crippen LogP contribution in [0.15, 0.2) is 30.5 Å². The summed E-state index contributed by atoms with van der Waals surface area (Å²) in [5, 5.41) is 17.5. The van der Waals surface area contributed by atoms with E-state index < -0.39 is 0 Å². The Morgan fingerprint density at radius 1 is 1.20 bits per heavy atom. The minimum absolute atomic E-state index is 0.0923. The van der Waals surface area contributed by atoms with Crippen molar-refractivity contribution in [2.45, 2.75) is 44.2 Å². The number of aromatic amines is 1. The highest BCUT2D eigenvalue weighted by molar-refractivity contribution is 5.88. The van der Waals surface area contributed by atoms with Crippen molar-refractivity contribution in [1.29, 1.82) is 0 Å². The van der Waals surface area contributed by atoms with E-state index in [0.29, 0.717) is 18.3 Å². The van der Waals surface area contributed by atoms with E-state index >= 15 is 0 Å². The summed E-state index contributed by atoms with van der Waals surface area (Å²) in [6.07, 6.45) is 6.01. The second kappa shape index (κ2) is 7.18. The van der Waals surface area contributed by atoms with Crippen molar-refractivity contribution >= 4 is 16.8 Å². The molecule has 1 atom stereocenters. The molecule has 1 amide bonds. The highest BCUT2D eigenvalue weighted by Crippen LogP contribution is 2.35. The van der Waals surface area contributed by atoms with Gasteiger partial charge in [0.15, 0.2) is 0 Å². The van der Waals surface area contributed by atoms with Gasteiger partial charge < -0.3 is 20.7 Å². The van der Waals surface area contributed by atoms with Gasteiger partial charge in [-0.15, -0.1) is 0 Å². The molecule has 4 N–H and O–H groups in total. The molecule has 1 aliphatic heterocycles. The molecule has 5 heteroatoms. The number of para-hydroxylation sites is 1. The molecule has 1 saturated heterocycles. The summed E-state index contributed by atoms with van der Waals surface area (Å²) in [4.78, 5) is 16.0. The molecule has 0 radical (unpaired) electrons. The predicted molar refractivity (Wildman–Crippen MR) is 98.3 cm³/mol. The number of benzene rings is 1. The average molecular weight is 341 g/mol. The number of aliphatic hydroxyl groups excluding tert-OH is 1. The second-order valence-corrected chi connectivity index (χ2v) is 7.60. The van der Waals surface area contributed by atoms with Crippen LogP contribution < -0.4 is 10.6 Å². The molecule has 2 heterocycles. The average Bonchev–Trinajstić information content (AvgIpc) is 3.01. The molecular formula is C20H27N3O2. The van der Waals surface area contributed by atoms with Crippen LogP contribution in [0.1, 0.15) is 31.2 Å². The van der Waals surface area contributed by atoms with E-state index in [1.54, 1.807) is 0 Å². The SMILES string of the molecule is O=C(Cc1c[nH]c2ccccc12)N[C@H](C1CCNCC1)C1CC(O)C1. The number of nitrogens with one attached hydrogen (secondary N) is 3. The van der Waals surface area contributed by atoms with Crippen LogP contribution in [0, 0.1) is 11.8 Å². The summed E-state index contributed by atoms with van der Waals surface area (Å²) in [5.74, 6) is 1.03. The maximum absolute atomic E-state index is 12.7. The Labute approximate surface area is 148 Å². The van der Waals surface area contributed by atoms with E-state index in [4.69, 9.17) is 0 Å². The number of hydrogen-bond donors (Lipinski definition) is 4. The number of hydrogen-bond acceptors (Lipinski definition) is 3. The van der Waals surface area contributed by atoms with Crippen molar-refractivity contribution in [2.75, 3.05) is 13.1 Å². The van der Waals surface area contributed by atoms with E-state index in [0.717, 1.165) is 55.2 Å². The Balaban J connectivity index is 1.44. The van der Waals surface area contributed by atoms with Gasteiger partial charge in [0.05, 0.1) is 12.5 Å². The lowest BCUT2D eigenvalue weighted by atomic mass is 9.71. The topological polar surface area (TPSA) is 77.2 Å². The van der Waals surface area contributed by atoms with Gasteiger partial charge in [-0.1, -0.05) is 18.2 Å². The first-order chi connectivity index (χ1) is 12.2. The number of aliphatic hydroxyl groups is 1. The summed E-state index contributed by atoms with van der Waals surface area (Å²) >= 11 is 0. The summed E-state index contributed by atoms with van der Waals surface area (Å²) in [6.45, 7) is 2.05. The first kappa shape index (κ1) is 16.6. The van der Waals surface area contributed by atoms with Crippen LogP contribution in [-0.2, 0) is 11.2 Å². The first-order valence-corrected chi connectivity index (χ1v) is 9.44. The molecule has 1 aromatic carbocycles. The number of piperidine rings is 1. The zero-order valence-electron chi connectivity index (χ0n) is 14.5. The van der Waals surface area contributed by atoms with Gasteiger partial charge in [-0.25, -0.2) is 0 Å². The first-order valence-electron chi connectivity index (χ1n) is 9.44. The summed E-state index contributed by atoms with van der Waals surface area (Å²) < 4.78 is 0. The van der Waals surface area contributed by atoms with Crippen molar-refractivity contribution in [2.24, 2.45) is 11.8 Å². The second-order valence-electron chi connectivity index (χ2n) is 7.60. The molecule has 2 aliphatic rings. The van der Waals surface area contributed by atoms with Crippen LogP contribution in [0.4, 0.5) is 0 Å². The third-order valence-corrected chi connectivity index (χ3v) is 5.90. The van der Waals surface area contributed by atoms with Gasteiger partial charge in [-0.05, 0) is 62.2 Å². The van der Waals surface area contributed by atoms with E-state index in [-0.39, 0.29) is 18.1 Å². The molecule has 5 nitrogen and oxygen atoms in total. The zero-order chi connectivity index (χ0) is 17.2. The molecule has 1 aliphatic carbocycles. The van der Waals surface area contributed by atoms with Crippen LogP contribution in [0.2, 0.25) is 0 Å². The van der Waals surface area contributed by atoms with Crippen LogP contribution in [0.25, 0.3) is 10.9 Å². The summed E-state index contributed by atoms with van der Waals surface area (Å²) in [7, 11) is 0. The molecule has 25 heavy (non-hydrogen) atoms. The highest BCUT2D eigenvalue weighted by atomic mass is 16.3. The molecule has 2 fully saturated rings. The van der Waals surface area contributed by atoms with Crippen LogP contribution in [0.3, 0.4) is 0 Å². The molecule has 1 aromatic heterocycles. The molecule has 0 bridgehead atoms. The summed E-state index contributed by atoms with van der Waals surface area (Å²) in [6, 6.07) is 8.29. The lowest BCUT2D eigenvalue weighted by Gasteiger charge is -2.43. The number of H-pyrrole nitrogens is 1. The van der Waals surface area contributed by atoms with Gasteiger partial charge >= 0.3 is 0 Å². The largest absolute Gasteiger partial charge is 0.393 e. The minimum atomic E-state index is -0.181. The van der Waals surface area contributed by atoms with Gasteiger partial charge in [-0.2, -0.15) is 0 Å². The van der Waals surface area contributed by atoms with Gasteiger partial charge in [0.25, 0.3) is 0 Å². The fraction of sp³-hybridized carbons (Fsp3) is 0.550. The van der Waals surface area contributed by atoms with Crippen LogP contribution in [-0.4, -0.2) is 41.2 Å².